The number of hydrogen-bond donors (Lipinski definition) is 2. The number of anilines is 4. The van der Waals surface area contributed by atoms with Crippen molar-refractivity contribution in [1.29, 1.82) is 0 Å². The van der Waals surface area contributed by atoms with Crippen molar-refractivity contribution in [1.82, 2.24) is 9.97 Å². The summed E-state index contributed by atoms with van der Waals surface area (Å²) in [5.74, 6) is 1.13. The maximum atomic E-state index is 12.7. The number of amides is 1. The minimum Gasteiger partial charge on any atom is -0.497 e. The first kappa shape index (κ1) is 26.0. The molecule has 1 amide bonds. The van der Waals surface area contributed by atoms with Crippen molar-refractivity contribution in [2.75, 3.05) is 48.9 Å². The Bertz CT molecular complexity index is 1440. The van der Waals surface area contributed by atoms with E-state index in [9.17, 15) is 4.79 Å². The normalized spacial score (nSPS) is 13.1. The summed E-state index contributed by atoms with van der Waals surface area (Å²) in [7, 11) is 1.59. The third-order valence-corrected chi connectivity index (χ3v) is 6.62. The first-order valence-electron chi connectivity index (χ1n) is 12.8. The molecule has 0 aliphatic carbocycles. The Labute approximate surface area is 227 Å². The van der Waals surface area contributed by atoms with Crippen LogP contribution >= 0.6 is 0 Å². The summed E-state index contributed by atoms with van der Waals surface area (Å²) in [5.41, 5.74) is 6.33. The number of morpholine rings is 1. The summed E-state index contributed by atoms with van der Waals surface area (Å²) >= 11 is 0. The molecule has 1 aliphatic heterocycles. The third kappa shape index (κ3) is 6.45. The van der Waals surface area contributed by atoms with Gasteiger partial charge in [-0.05, 0) is 73.5 Å². The largest absolute Gasteiger partial charge is 0.497 e. The van der Waals surface area contributed by atoms with Gasteiger partial charge in [0.15, 0.2) is 0 Å². The van der Waals surface area contributed by atoms with Crippen LogP contribution in [0, 0.1) is 13.8 Å². The second-order valence-electron chi connectivity index (χ2n) is 9.18. The Hall–Kier alpha value is -4.63. The van der Waals surface area contributed by atoms with Crippen LogP contribution in [0.3, 0.4) is 0 Å². The van der Waals surface area contributed by atoms with Crippen molar-refractivity contribution in [3.63, 3.8) is 0 Å². The molecule has 200 valence electrons. The lowest BCUT2D eigenvalue weighted by Crippen LogP contribution is -2.36. The van der Waals surface area contributed by atoms with E-state index in [4.69, 9.17) is 19.2 Å². The van der Waals surface area contributed by atoms with E-state index in [1.807, 2.05) is 31.2 Å². The number of hydrogen-bond acceptors (Lipinski definition) is 8. The Kier molecular flexibility index (Phi) is 7.88. The molecule has 0 unspecified atom stereocenters. The first-order chi connectivity index (χ1) is 19.0. The smallest absolute Gasteiger partial charge is 0.418 e. The number of carbonyl (C=O) groups excluding carboxylic acids is 1. The number of carbonyl (C=O) groups is 1. The summed E-state index contributed by atoms with van der Waals surface area (Å²) in [5, 5.41) is 5.98. The highest BCUT2D eigenvalue weighted by Crippen LogP contribution is 2.29. The van der Waals surface area contributed by atoms with Gasteiger partial charge in [0.05, 0.1) is 26.0 Å². The summed E-state index contributed by atoms with van der Waals surface area (Å²) in [6, 6.07) is 22.7. The van der Waals surface area contributed by atoms with Gasteiger partial charge in [-0.25, -0.2) is 9.78 Å². The van der Waals surface area contributed by atoms with Crippen LogP contribution in [0.5, 0.6) is 11.6 Å². The lowest BCUT2D eigenvalue weighted by Gasteiger charge is -2.28. The second kappa shape index (κ2) is 11.8. The van der Waals surface area contributed by atoms with E-state index in [2.05, 4.69) is 45.6 Å². The van der Waals surface area contributed by atoms with Gasteiger partial charge < -0.3 is 24.4 Å². The molecule has 0 radical (unpaired) electrons. The van der Waals surface area contributed by atoms with Crippen molar-refractivity contribution in [2.45, 2.75) is 13.8 Å². The Morgan fingerprint density at radius 1 is 0.923 bits per heavy atom. The number of benzene rings is 3. The zero-order valence-electron chi connectivity index (χ0n) is 22.2. The SMILES string of the molecule is COc1ccc(NC(=O)Oc2cc(-c3cccc(C)c3C)nc(Nc3ccc(N4CCOCC4)cc3)n2)cc1. The van der Waals surface area contributed by atoms with Crippen LogP contribution in [0.1, 0.15) is 11.1 Å². The molecule has 2 N–H and O–H groups in total. The van der Waals surface area contributed by atoms with Crippen LogP contribution in [0.4, 0.5) is 27.8 Å². The number of nitrogens with zero attached hydrogens (tertiary/aromatic N) is 3. The summed E-state index contributed by atoms with van der Waals surface area (Å²) in [6.45, 7) is 7.29. The summed E-state index contributed by atoms with van der Waals surface area (Å²) in [6.07, 6.45) is -0.661. The highest BCUT2D eigenvalue weighted by molar-refractivity contribution is 5.86. The van der Waals surface area contributed by atoms with Crippen molar-refractivity contribution < 1.29 is 19.0 Å². The van der Waals surface area contributed by atoms with Crippen molar-refractivity contribution in [3.05, 3.63) is 83.9 Å². The van der Waals surface area contributed by atoms with Crippen LogP contribution in [-0.2, 0) is 4.74 Å². The maximum Gasteiger partial charge on any atom is 0.418 e. The monoisotopic (exact) mass is 525 g/mol. The highest BCUT2D eigenvalue weighted by atomic mass is 16.6. The van der Waals surface area contributed by atoms with E-state index in [1.165, 1.54) is 0 Å². The molecule has 4 aromatic rings. The maximum absolute atomic E-state index is 12.7. The molecule has 3 aromatic carbocycles. The van der Waals surface area contributed by atoms with Gasteiger partial charge in [0, 0.05) is 41.8 Å². The lowest BCUT2D eigenvalue weighted by molar-refractivity contribution is 0.122. The van der Waals surface area contributed by atoms with E-state index < -0.39 is 6.09 Å². The van der Waals surface area contributed by atoms with Crippen molar-refractivity contribution >= 4 is 29.1 Å². The van der Waals surface area contributed by atoms with Gasteiger partial charge in [-0.2, -0.15) is 4.98 Å². The molecule has 0 spiro atoms. The van der Waals surface area contributed by atoms with Gasteiger partial charge >= 0.3 is 6.09 Å². The van der Waals surface area contributed by atoms with E-state index in [-0.39, 0.29) is 5.88 Å². The van der Waals surface area contributed by atoms with Crippen LogP contribution in [0.25, 0.3) is 11.3 Å². The molecule has 2 heterocycles. The molecular formula is C30H31N5O4. The van der Waals surface area contributed by atoms with Gasteiger partial charge in [0.2, 0.25) is 11.8 Å². The number of ether oxygens (including phenoxy) is 3. The zero-order valence-corrected chi connectivity index (χ0v) is 22.2. The number of rotatable bonds is 7. The standard InChI is InChI=1S/C30H31N5O4/c1-20-5-4-6-26(21(20)2)27-19-28(39-30(36)32-23-9-13-25(37-3)14-10-23)34-29(33-27)31-22-7-11-24(12-8-22)35-15-17-38-18-16-35/h4-14,19H,15-18H2,1-3H3,(H,32,36)(H,31,33,34). The molecule has 0 saturated carbocycles. The Morgan fingerprint density at radius 2 is 1.64 bits per heavy atom. The van der Waals surface area contributed by atoms with E-state index >= 15 is 0 Å². The molecule has 39 heavy (non-hydrogen) atoms. The van der Waals surface area contributed by atoms with Gasteiger partial charge in [-0.15, -0.1) is 0 Å². The predicted molar refractivity (Wildman–Crippen MR) is 152 cm³/mol. The highest BCUT2D eigenvalue weighted by Gasteiger charge is 2.15. The van der Waals surface area contributed by atoms with Crippen LogP contribution in [0.15, 0.2) is 72.8 Å². The molecule has 1 aliphatic rings. The number of aromatic nitrogens is 2. The van der Waals surface area contributed by atoms with Gasteiger partial charge in [0.1, 0.15) is 5.75 Å². The van der Waals surface area contributed by atoms with E-state index in [1.54, 1.807) is 37.4 Å². The predicted octanol–water partition coefficient (Wildman–Crippen LogP) is 5.96. The topological polar surface area (TPSA) is 97.8 Å². The fraction of sp³-hybridized carbons (Fsp3) is 0.233. The third-order valence-electron chi connectivity index (χ3n) is 6.62. The average molecular weight is 526 g/mol. The molecular weight excluding hydrogens is 494 g/mol. The van der Waals surface area contributed by atoms with Crippen LogP contribution in [0.2, 0.25) is 0 Å². The zero-order chi connectivity index (χ0) is 27.2. The van der Waals surface area contributed by atoms with Crippen molar-refractivity contribution in [2.24, 2.45) is 0 Å². The van der Waals surface area contributed by atoms with Crippen LogP contribution in [-0.4, -0.2) is 49.5 Å². The fourth-order valence-corrected chi connectivity index (χ4v) is 4.32. The molecule has 9 nitrogen and oxygen atoms in total. The Morgan fingerprint density at radius 3 is 2.36 bits per heavy atom. The number of nitrogens with one attached hydrogen (secondary N) is 2. The summed E-state index contributed by atoms with van der Waals surface area (Å²) < 4.78 is 16.2. The van der Waals surface area contributed by atoms with Gasteiger partial charge in [0.25, 0.3) is 0 Å². The van der Waals surface area contributed by atoms with Gasteiger partial charge in [-0.3, -0.25) is 5.32 Å². The lowest BCUT2D eigenvalue weighted by atomic mass is 10.0. The first-order valence-corrected chi connectivity index (χ1v) is 12.8. The molecule has 1 saturated heterocycles. The average Bonchev–Trinajstić information content (AvgIpc) is 2.95. The minimum absolute atomic E-state index is 0.124. The Balaban J connectivity index is 1.39. The second-order valence-corrected chi connectivity index (χ2v) is 9.18. The molecule has 1 aromatic heterocycles. The van der Waals surface area contributed by atoms with E-state index in [0.29, 0.717) is 23.1 Å². The minimum atomic E-state index is -0.661. The van der Waals surface area contributed by atoms with Crippen molar-refractivity contribution in [3.8, 4) is 22.9 Å². The summed E-state index contributed by atoms with van der Waals surface area (Å²) in [4.78, 5) is 24.2. The quantitative estimate of drug-likeness (QED) is 0.305. The molecule has 0 bridgehead atoms. The molecule has 0 atom stereocenters. The van der Waals surface area contributed by atoms with Crippen LogP contribution < -0.4 is 25.0 Å². The number of methoxy groups -OCH3 is 1. The fourth-order valence-electron chi connectivity index (χ4n) is 4.32. The molecule has 1 fully saturated rings. The molecule has 9 heteroatoms. The van der Waals surface area contributed by atoms with Gasteiger partial charge in [-0.1, -0.05) is 18.2 Å². The van der Waals surface area contributed by atoms with E-state index in [0.717, 1.165) is 54.4 Å². The molecule has 5 rings (SSSR count). The number of aryl methyl sites for hydroxylation is 1.